The molecule has 2 nitrogen and oxygen atoms in total. The zero-order valence-corrected chi connectivity index (χ0v) is 11.0. The van der Waals surface area contributed by atoms with Crippen molar-refractivity contribution in [2.24, 2.45) is 7.05 Å². The number of rotatable bonds is 4. The maximum absolute atomic E-state index is 3.52. The van der Waals surface area contributed by atoms with Crippen molar-refractivity contribution in [3.63, 3.8) is 0 Å². The standard InChI is InChI=1S/C14H18N2S/c1-16-6-5-11(10-16)8-15-9-13-7-12-3-2-4-14(12)17-13/h5-7,10,15H,2-4,8-9H2,1H3. The average molecular weight is 246 g/mol. The highest BCUT2D eigenvalue weighted by atomic mass is 32.1. The Bertz CT molecular complexity index is 489. The number of fused-ring (bicyclic) bond motifs is 1. The predicted octanol–water partition coefficient (Wildman–Crippen LogP) is 2.87. The van der Waals surface area contributed by atoms with Crippen LogP contribution in [0.5, 0.6) is 0 Å². The number of thiophene rings is 1. The second-order valence-electron chi connectivity index (χ2n) is 4.80. The van der Waals surface area contributed by atoms with E-state index in [1.807, 2.05) is 11.3 Å². The molecule has 1 aliphatic carbocycles. The molecule has 0 atom stereocenters. The molecule has 2 aromatic rings. The number of aryl methyl sites for hydroxylation is 3. The summed E-state index contributed by atoms with van der Waals surface area (Å²) < 4.78 is 2.09. The number of aromatic nitrogens is 1. The van der Waals surface area contributed by atoms with Gasteiger partial charge in [0.05, 0.1) is 0 Å². The molecule has 1 aliphatic rings. The normalized spacial score (nSPS) is 14.2. The van der Waals surface area contributed by atoms with Gasteiger partial charge >= 0.3 is 0 Å². The Balaban J connectivity index is 1.54. The molecular weight excluding hydrogens is 228 g/mol. The second kappa shape index (κ2) is 4.67. The first kappa shape index (κ1) is 11.1. The van der Waals surface area contributed by atoms with Crippen molar-refractivity contribution >= 4 is 11.3 Å². The largest absolute Gasteiger partial charge is 0.357 e. The zero-order valence-electron chi connectivity index (χ0n) is 10.2. The third-order valence-electron chi connectivity index (χ3n) is 3.32. The molecule has 0 radical (unpaired) electrons. The zero-order chi connectivity index (χ0) is 11.7. The van der Waals surface area contributed by atoms with Gasteiger partial charge in [-0.3, -0.25) is 0 Å². The summed E-state index contributed by atoms with van der Waals surface area (Å²) in [6.07, 6.45) is 8.22. The minimum absolute atomic E-state index is 0.962. The summed E-state index contributed by atoms with van der Waals surface area (Å²) in [4.78, 5) is 3.12. The highest BCUT2D eigenvalue weighted by Gasteiger charge is 2.14. The molecule has 0 saturated heterocycles. The quantitative estimate of drug-likeness (QED) is 0.878. The van der Waals surface area contributed by atoms with Crippen molar-refractivity contribution in [2.45, 2.75) is 32.4 Å². The Hall–Kier alpha value is -1.06. The van der Waals surface area contributed by atoms with Gasteiger partial charge in [-0.2, -0.15) is 0 Å². The van der Waals surface area contributed by atoms with E-state index >= 15 is 0 Å². The highest BCUT2D eigenvalue weighted by molar-refractivity contribution is 7.12. The molecule has 0 fully saturated rings. The molecular formula is C14H18N2S. The van der Waals surface area contributed by atoms with Gasteiger partial charge in [0, 0.05) is 42.3 Å². The van der Waals surface area contributed by atoms with Gasteiger partial charge in [0.2, 0.25) is 0 Å². The smallest absolute Gasteiger partial charge is 0.0303 e. The SMILES string of the molecule is Cn1ccc(CNCc2cc3c(s2)CCC3)c1. The summed E-state index contributed by atoms with van der Waals surface area (Å²) in [7, 11) is 2.06. The molecule has 3 rings (SSSR count). The number of hydrogen-bond donors (Lipinski definition) is 1. The maximum atomic E-state index is 3.52. The second-order valence-corrected chi connectivity index (χ2v) is 6.02. The molecule has 1 N–H and O–H groups in total. The Morgan fingerprint density at radius 3 is 3.06 bits per heavy atom. The fourth-order valence-electron chi connectivity index (χ4n) is 2.47. The van der Waals surface area contributed by atoms with Gasteiger partial charge in [-0.25, -0.2) is 0 Å². The van der Waals surface area contributed by atoms with Crippen molar-refractivity contribution in [1.82, 2.24) is 9.88 Å². The monoisotopic (exact) mass is 246 g/mol. The van der Waals surface area contributed by atoms with Crippen LogP contribution in [0.25, 0.3) is 0 Å². The first-order chi connectivity index (χ1) is 8.31. The summed E-state index contributed by atoms with van der Waals surface area (Å²) in [5.41, 5.74) is 2.96. The third kappa shape index (κ3) is 2.45. The van der Waals surface area contributed by atoms with E-state index in [1.54, 1.807) is 10.4 Å². The van der Waals surface area contributed by atoms with Crippen molar-refractivity contribution in [2.75, 3.05) is 0 Å². The summed E-state index contributed by atoms with van der Waals surface area (Å²) in [6, 6.07) is 4.56. The lowest BCUT2D eigenvalue weighted by atomic mass is 10.2. The summed E-state index contributed by atoms with van der Waals surface area (Å²) in [5, 5.41) is 3.52. The van der Waals surface area contributed by atoms with E-state index in [0.29, 0.717) is 0 Å². The minimum atomic E-state index is 0.962. The molecule has 0 amide bonds. The van der Waals surface area contributed by atoms with Crippen molar-refractivity contribution in [3.8, 4) is 0 Å². The van der Waals surface area contributed by atoms with Crippen LogP contribution in [0.3, 0.4) is 0 Å². The third-order valence-corrected chi connectivity index (χ3v) is 4.56. The van der Waals surface area contributed by atoms with Crippen LogP contribution in [-0.4, -0.2) is 4.57 Å². The molecule has 0 aliphatic heterocycles. The fraction of sp³-hybridized carbons (Fsp3) is 0.429. The van der Waals surface area contributed by atoms with E-state index in [9.17, 15) is 0 Å². The Morgan fingerprint density at radius 2 is 2.29 bits per heavy atom. The van der Waals surface area contributed by atoms with Crippen LogP contribution >= 0.6 is 11.3 Å². The van der Waals surface area contributed by atoms with Crippen molar-refractivity contribution in [3.05, 3.63) is 45.4 Å². The maximum Gasteiger partial charge on any atom is 0.0303 e. The van der Waals surface area contributed by atoms with Crippen LogP contribution in [0.1, 0.15) is 27.3 Å². The topological polar surface area (TPSA) is 17.0 Å². The Kier molecular flexibility index (Phi) is 3.04. The molecule has 0 spiro atoms. The first-order valence-corrected chi connectivity index (χ1v) is 7.05. The summed E-state index contributed by atoms with van der Waals surface area (Å²) >= 11 is 1.99. The Labute approximate surface area is 106 Å². The highest BCUT2D eigenvalue weighted by Crippen LogP contribution is 2.30. The molecule has 2 aromatic heterocycles. The molecule has 0 bridgehead atoms. The van der Waals surface area contributed by atoms with Crippen LogP contribution < -0.4 is 5.32 Å². The van der Waals surface area contributed by atoms with Gasteiger partial charge in [0.15, 0.2) is 0 Å². The van der Waals surface area contributed by atoms with Gasteiger partial charge in [-0.15, -0.1) is 11.3 Å². The average Bonchev–Trinajstić information content (AvgIpc) is 2.94. The van der Waals surface area contributed by atoms with Crippen LogP contribution in [0, 0.1) is 0 Å². The molecule has 17 heavy (non-hydrogen) atoms. The lowest BCUT2D eigenvalue weighted by Gasteiger charge is -2.00. The van der Waals surface area contributed by atoms with Crippen LogP contribution in [-0.2, 0) is 33.0 Å². The van der Waals surface area contributed by atoms with Crippen LogP contribution in [0.15, 0.2) is 24.5 Å². The van der Waals surface area contributed by atoms with Gasteiger partial charge < -0.3 is 9.88 Å². The fourth-order valence-corrected chi connectivity index (χ4v) is 3.70. The summed E-state index contributed by atoms with van der Waals surface area (Å²) in [5.74, 6) is 0. The number of nitrogens with zero attached hydrogens (tertiary/aromatic N) is 1. The number of nitrogens with one attached hydrogen (secondary N) is 1. The van der Waals surface area contributed by atoms with Gasteiger partial charge in [0.1, 0.15) is 0 Å². The predicted molar refractivity (Wildman–Crippen MR) is 72.3 cm³/mol. The van der Waals surface area contributed by atoms with E-state index in [0.717, 1.165) is 13.1 Å². The molecule has 2 heterocycles. The molecule has 0 unspecified atom stereocenters. The van der Waals surface area contributed by atoms with Crippen molar-refractivity contribution in [1.29, 1.82) is 0 Å². The Morgan fingerprint density at radius 1 is 1.35 bits per heavy atom. The lowest BCUT2D eigenvalue weighted by molar-refractivity contribution is 0.699. The van der Waals surface area contributed by atoms with Crippen molar-refractivity contribution < 1.29 is 0 Å². The number of hydrogen-bond acceptors (Lipinski definition) is 2. The molecule has 0 aromatic carbocycles. The van der Waals surface area contributed by atoms with Gasteiger partial charge in [-0.1, -0.05) is 0 Å². The van der Waals surface area contributed by atoms with E-state index in [1.165, 1.54) is 29.7 Å². The van der Waals surface area contributed by atoms with Crippen LogP contribution in [0.4, 0.5) is 0 Å². The van der Waals surface area contributed by atoms with E-state index in [-0.39, 0.29) is 0 Å². The van der Waals surface area contributed by atoms with Crippen LogP contribution in [0.2, 0.25) is 0 Å². The summed E-state index contributed by atoms with van der Waals surface area (Å²) in [6.45, 7) is 1.97. The van der Waals surface area contributed by atoms with E-state index in [4.69, 9.17) is 0 Å². The minimum Gasteiger partial charge on any atom is -0.357 e. The van der Waals surface area contributed by atoms with E-state index in [2.05, 4.69) is 41.5 Å². The molecule has 3 heteroatoms. The molecule has 0 saturated carbocycles. The lowest BCUT2D eigenvalue weighted by Crippen LogP contribution is -2.11. The van der Waals surface area contributed by atoms with Gasteiger partial charge in [-0.05, 0) is 42.5 Å². The van der Waals surface area contributed by atoms with Gasteiger partial charge in [0.25, 0.3) is 0 Å². The first-order valence-electron chi connectivity index (χ1n) is 6.23. The van der Waals surface area contributed by atoms with E-state index < -0.39 is 0 Å². The molecule has 90 valence electrons.